The van der Waals surface area contributed by atoms with Crippen LogP contribution in [0.4, 0.5) is 4.39 Å². The monoisotopic (exact) mass is 206 g/mol. The zero-order valence-electron chi connectivity index (χ0n) is 8.20. The molecule has 0 bridgehead atoms. The standard InChI is InChI=1S/C12H11FO2/c13-10-3-1-2-8(4-10)9-5-11(14)7-12(15)6-9/h1-4,9H,5-7H2. The minimum absolute atomic E-state index is 0.0412. The Morgan fingerprint density at radius 2 is 1.80 bits per heavy atom. The molecular formula is C12H11FO2. The summed E-state index contributed by atoms with van der Waals surface area (Å²) in [4.78, 5) is 22.5. The van der Waals surface area contributed by atoms with Gasteiger partial charge in [-0.25, -0.2) is 4.39 Å². The van der Waals surface area contributed by atoms with Crippen LogP contribution in [0.5, 0.6) is 0 Å². The summed E-state index contributed by atoms with van der Waals surface area (Å²) in [7, 11) is 0. The van der Waals surface area contributed by atoms with Crippen LogP contribution in [0.2, 0.25) is 0 Å². The third-order valence-electron chi connectivity index (χ3n) is 2.66. The highest BCUT2D eigenvalue weighted by molar-refractivity contribution is 6.02. The fourth-order valence-electron chi connectivity index (χ4n) is 1.98. The predicted molar refractivity (Wildman–Crippen MR) is 53.0 cm³/mol. The van der Waals surface area contributed by atoms with Gasteiger partial charge >= 0.3 is 0 Å². The van der Waals surface area contributed by atoms with E-state index in [1.807, 2.05) is 0 Å². The summed E-state index contributed by atoms with van der Waals surface area (Å²) in [6.45, 7) is 0. The first-order chi connectivity index (χ1) is 7.15. The Hall–Kier alpha value is -1.51. The van der Waals surface area contributed by atoms with Crippen LogP contribution < -0.4 is 0 Å². The zero-order valence-corrected chi connectivity index (χ0v) is 8.20. The molecule has 0 heterocycles. The van der Waals surface area contributed by atoms with E-state index in [1.165, 1.54) is 12.1 Å². The van der Waals surface area contributed by atoms with Gasteiger partial charge in [0.1, 0.15) is 17.4 Å². The molecular weight excluding hydrogens is 195 g/mol. The second-order valence-corrected chi connectivity index (χ2v) is 3.91. The van der Waals surface area contributed by atoms with Gasteiger partial charge in [-0.05, 0) is 23.6 Å². The van der Waals surface area contributed by atoms with Gasteiger partial charge in [0.05, 0.1) is 6.42 Å². The largest absolute Gasteiger partial charge is 0.299 e. The normalized spacial score (nSPS) is 18.2. The Labute approximate surface area is 87.1 Å². The van der Waals surface area contributed by atoms with E-state index in [-0.39, 0.29) is 29.7 Å². The number of carbonyl (C=O) groups excluding carboxylic acids is 2. The molecule has 0 spiro atoms. The maximum atomic E-state index is 12.9. The van der Waals surface area contributed by atoms with Gasteiger partial charge in [0.25, 0.3) is 0 Å². The summed E-state index contributed by atoms with van der Waals surface area (Å²) in [5, 5.41) is 0. The molecule has 78 valence electrons. The van der Waals surface area contributed by atoms with E-state index < -0.39 is 0 Å². The number of benzene rings is 1. The highest BCUT2D eigenvalue weighted by Crippen LogP contribution is 2.29. The summed E-state index contributed by atoms with van der Waals surface area (Å²) in [6, 6.07) is 6.13. The van der Waals surface area contributed by atoms with Crippen molar-refractivity contribution in [3.63, 3.8) is 0 Å². The van der Waals surface area contributed by atoms with Gasteiger partial charge in [-0.1, -0.05) is 12.1 Å². The zero-order chi connectivity index (χ0) is 10.8. The Morgan fingerprint density at radius 1 is 1.13 bits per heavy atom. The average Bonchev–Trinajstić information content (AvgIpc) is 2.16. The van der Waals surface area contributed by atoms with E-state index in [0.29, 0.717) is 12.8 Å². The van der Waals surface area contributed by atoms with Crippen molar-refractivity contribution in [3.8, 4) is 0 Å². The number of halogens is 1. The Kier molecular flexibility index (Phi) is 2.62. The molecule has 0 atom stereocenters. The number of carbonyl (C=O) groups is 2. The highest BCUT2D eigenvalue weighted by atomic mass is 19.1. The van der Waals surface area contributed by atoms with Gasteiger partial charge in [0.15, 0.2) is 0 Å². The Bertz CT molecular complexity index is 396. The summed E-state index contributed by atoms with van der Waals surface area (Å²) in [5.41, 5.74) is 0.747. The van der Waals surface area contributed by atoms with Gasteiger partial charge < -0.3 is 0 Å². The number of ketones is 2. The number of hydrogen-bond acceptors (Lipinski definition) is 2. The summed E-state index contributed by atoms with van der Waals surface area (Å²) >= 11 is 0. The lowest BCUT2D eigenvalue weighted by Crippen LogP contribution is -2.21. The molecule has 1 aliphatic carbocycles. The van der Waals surface area contributed by atoms with Gasteiger partial charge in [0.2, 0.25) is 0 Å². The lowest BCUT2D eigenvalue weighted by atomic mass is 9.83. The van der Waals surface area contributed by atoms with Crippen LogP contribution in [-0.2, 0) is 9.59 Å². The Morgan fingerprint density at radius 3 is 2.40 bits per heavy atom. The maximum Gasteiger partial charge on any atom is 0.140 e. The molecule has 1 saturated carbocycles. The van der Waals surface area contributed by atoms with Crippen LogP contribution in [0, 0.1) is 5.82 Å². The molecule has 0 radical (unpaired) electrons. The fourth-order valence-corrected chi connectivity index (χ4v) is 1.98. The van der Waals surface area contributed by atoms with Crippen molar-refractivity contribution in [1.29, 1.82) is 0 Å². The SMILES string of the molecule is O=C1CC(=O)CC(c2cccc(F)c2)C1. The number of Topliss-reactive ketones (excluding diaryl/α,β-unsaturated/α-hetero) is 2. The van der Waals surface area contributed by atoms with Crippen LogP contribution in [0.1, 0.15) is 30.7 Å². The minimum atomic E-state index is -0.321. The predicted octanol–water partition coefficient (Wildman–Crippen LogP) is 2.23. The van der Waals surface area contributed by atoms with Crippen molar-refractivity contribution >= 4 is 11.6 Å². The van der Waals surface area contributed by atoms with Crippen molar-refractivity contribution in [3.05, 3.63) is 35.6 Å². The number of rotatable bonds is 1. The third-order valence-corrected chi connectivity index (χ3v) is 2.66. The second kappa shape index (κ2) is 3.93. The molecule has 0 unspecified atom stereocenters. The van der Waals surface area contributed by atoms with Gasteiger partial charge in [-0.3, -0.25) is 9.59 Å². The highest BCUT2D eigenvalue weighted by Gasteiger charge is 2.26. The van der Waals surface area contributed by atoms with Crippen LogP contribution in [0.15, 0.2) is 24.3 Å². The molecule has 15 heavy (non-hydrogen) atoms. The lowest BCUT2D eigenvalue weighted by molar-refractivity contribution is -0.130. The molecule has 2 nitrogen and oxygen atoms in total. The minimum Gasteiger partial charge on any atom is -0.299 e. The first-order valence-corrected chi connectivity index (χ1v) is 4.94. The number of hydrogen-bond donors (Lipinski definition) is 0. The van der Waals surface area contributed by atoms with Crippen LogP contribution >= 0.6 is 0 Å². The van der Waals surface area contributed by atoms with Crippen LogP contribution in [0.3, 0.4) is 0 Å². The summed E-state index contributed by atoms with van der Waals surface area (Å²) < 4.78 is 12.9. The van der Waals surface area contributed by atoms with E-state index in [4.69, 9.17) is 0 Å². The van der Waals surface area contributed by atoms with Crippen molar-refractivity contribution in [2.45, 2.75) is 25.2 Å². The van der Waals surface area contributed by atoms with E-state index >= 15 is 0 Å². The smallest absolute Gasteiger partial charge is 0.140 e. The van der Waals surface area contributed by atoms with Crippen molar-refractivity contribution in [2.75, 3.05) is 0 Å². The third kappa shape index (κ3) is 2.29. The van der Waals surface area contributed by atoms with Gasteiger partial charge in [-0.2, -0.15) is 0 Å². The molecule has 2 rings (SSSR count). The van der Waals surface area contributed by atoms with Crippen LogP contribution in [0.25, 0.3) is 0 Å². The summed E-state index contributed by atoms with van der Waals surface area (Å²) in [6.07, 6.45) is 0.760. The molecule has 1 fully saturated rings. The van der Waals surface area contributed by atoms with Gasteiger partial charge in [-0.15, -0.1) is 0 Å². The fraction of sp³-hybridized carbons (Fsp3) is 0.333. The molecule has 1 aromatic carbocycles. The molecule has 1 aliphatic rings. The van der Waals surface area contributed by atoms with E-state index in [2.05, 4.69) is 0 Å². The average molecular weight is 206 g/mol. The molecule has 0 aliphatic heterocycles. The molecule has 0 N–H and O–H groups in total. The topological polar surface area (TPSA) is 34.1 Å². The van der Waals surface area contributed by atoms with Crippen molar-refractivity contribution in [2.24, 2.45) is 0 Å². The molecule has 1 aromatic rings. The summed E-state index contributed by atoms with van der Waals surface area (Å²) in [5.74, 6) is -0.534. The molecule has 0 amide bonds. The van der Waals surface area contributed by atoms with E-state index in [1.54, 1.807) is 12.1 Å². The first kappa shape index (κ1) is 10.0. The van der Waals surface area contributed by atoms with Crippen molar-refractivity contribution in [1.82, 2.24) is 0 Å². The molecule has 0 aromatic heterocycles. The second-order valence-electron chi connectivity index (χ2n) is 3.91. The molecule has 0 saturated heterocycles. The lowest BCUT2D eigenvalue weighted by Gasteiger charge is -2.20. The van der Waals surface area contributed by atoms with Crippen molar-refractivity contribution < 1.29 is 14.0 Å². The van der Waals surface area contributed by atoms with Gasteiger partial charge in [0, 0.05) is 12.8 Å². The first-order valence-electron chi connectivity index (χ1n) is 4.94. The maximum absolute atomic E-state index is 12.9. The molecule has 3 heteroatoms. The van der Waals surface area contributed by atoms with E-state index in [9.17, 15) is 14.0 Å². The van der Waals surface area contributed by atoms with Crippen LogP contribution in [-0.4, -0.2) is 11.6 Å². The van der Waals surface area contributed by atoms with E-state index in [0.717, 1.165) is 5.56 Å². The Balaban J connectivity index is 2.23. The quantitative estimate of drug-likeness (QED) is 0.660.